The lowest BCUT2D eigenvalue weighted by Gasteiger charge is -2.23. The Kier molecular flexibility index (Phi) is 12.5. The molecule has 0 amide bonds. The average Bonchev–Trinajstić information content (AvgIpc) is 3.39. The van der Waals surface area contributed by atoms with Crippen molar-refractivity contribution in [3.8, 4) is 0 Å². The number of carbonyl (C=O) groups is 3. The third-order valence-electron chi connectivity index (χ3n) is 5.21. The standard InChI is InChI=1S/C18H33NO4.C2H2O4/c1-3-19(4-2)9-12-23-18(20)15(13-16-7-5-10-21-16)14-17-8-6-11-22-17;3-1(4)2(5)6/h15-17H,3-14H2,1-2H3;(H,3,4)(H,5,6). The Balaban J connectivity index is 0.000000612. The summed E-state index contributed by atoms with van der Waals surface area (Å²) in [6.45, 7) is 9.18. The first-order valence-electron chi connectivity index (χ1n) is 10.5. The lowest BCUT2D eigenvalue weighted by molar-refractivity contribution is -0.159. The molecule has 2 N–H and O–H groups in total. The van der Waals surface area contributed by atoms with Gasteiger partial charge in [0.2, 0.25) is 0 Å². The quantitative estimate of drug-likeness (QED) is 0.404. The minimum absolute atomic E-state index is 0.0665. The smallest absolute Gasteiger partial charge is 0.414 e. The summed E-state index contributed by atoms with van der Waals surface area (Å²) < 4.78 is 17.0. The summed E-state index contributed by atoms with van der Waals surface area (Å²) >= 11 is 0. The zero-order valence-electron chi connectivity index (χ0n) is 17.5. The molecule has 0 radical (unpaired) electrons. The Labute approximate surface area is 172 Å². The molecule has 2 fully saturated rings. The lowest BCUT2D eigenvalue weighted by atomic mass is 9.93. The second-order valence-corrected chi connectivity index (χ2v) is 7.24. The van der Waals surface area contributed by atoms with E-state index < -0.39 is 11.9 Å². The van der Waals surface area contributed by atoms with E-state index >= 15 is 0 Å². The van der Waals surface area contributed by atoms with Crippen LogP contribution < -0.4 is 0 Å². The molecule has 29 heavy (non-hydrogen) atoms. The minimum Gasteiger partial charge on any atom is -0.473 e. The van der Waals surface area contributed by atoms with Crippen LogP contribution in [0.25, 0.3) is 0 Å². The number of esters is 1. The van der Waals surface area contributed by atoms with Crippen LogP contribution in [0.5, 0.6) is 0 Å². The number of carboxylic acid groups (broad SMARTS) is 2. The fourth-order valence-electron chi connectivity index (χ4n) is 3.52. The van der Waals surface area contributed by atoms with Crippen LogP contribution in [0.3, 0.4) is 0 Å². The van der Waals surface area contributed by atoms with Crippen molar-refractivity contribution in [3.05, 3.63) is 0 Å². The second-order valence-electron chi connectivity index (χ2n) is 7.24. The Morgan fingerprint density at radius 1 is 0.966 bits per heavy atom. The largest absolute Gasteiger partial charge is 0.473 e. The molecule has 9 heteroatoms. The van der Waals surface area contributed by atoms with Crippen molar-refractivity contribution in [1.29, 1.82) is 0 Å². The van der Waals surface area contributed by atoms with Gasteiger partial charge in [0.15, 0.2) is 0 Å². The fourth-order valence-corrected chi connectivity index (χ4v) is 3.52. The summed E-state index contributed by atoms with van der Waals surface area (Å²) in [7, 11) is 0. The van der Waals surface area contributed by atoms with E-state index in [0.29, 0.717) is 6.61 Å². The van der Waals surface area contributed by atoms with Crippen molar-refractivity contribution >= 4 is 17.9 Å². The van der Waals surface area contributed by atoms with E-state index in [1.165, 1.54) is 0 Å². The summed E-state index contributed by atoms with van der Waals surface area (Å²) in [5, 5.41) is 14.8. The van der Waals surface area contributed by atoms with E-state index in [2.05, 4.69) is 18.7 Å². The number of hydrogen-bond acceptors (Lipinski definition) is 7. The number of nitrogens with zero attached hydrogens (tertiary/aromatic N) is 1. The summed E-state index contributed by atoms with van der Waals surface area (Å²) in [5.41, 5.74) is 0. The highest BCUT2D eigenvalue weighted by molar-refractivity contribution is 6.27. The third kappa shape index (κ3) is 10.6. The number of hydrogen-bond donors (Lipinski definition) is 2. The van der Waals surface area contributed by atoms with Gasteiger partial charge in [0.25, 0.3) is 0 Å². The summed E-state index contributed by atoms with van der Waals surface area (Å²) in [6.07, 6.45) is 6.34. The van der Waals surface area contributed by atoms with Gasteiger partial charge in [-0.25, -0.2) is 9.59 Å². The van der Waals surface area contributed by atoms with Gasteiger partial charge < -0.3 is 29.3 Å². The molecular weight excluding hydrogens is 382 g/mol. The first-order valence-corrected chi connectivity index (χ1v) is 10.5. The van der Waals surface area contributed by atoms with Gasteiger partial charge in [0.1, 0.15) is 6.61 Å². The summed E-state index contributed by atoms with van der Waals surface area (Å²) in [5.74, 6) is -3.80. The number of ether oxygens (including phenoxy) is 3. The van der Waals surface area contributed by atoms with Crippen molar-refractivity contribution in [2.75, 3.05) is 39.5 Å². The van der Waals surface area contributed by atoms with E-state index in [0.717, 1.165) is 71.4 Å². The molecule has 9 nitrogen and oxygen atoms in total. The molecule has 2 heterocycles. The Hall–Kier alpha value is -1.71. The van der Waals surface area contributed by atoms with E-state index in [9.17, 15) is 4.79 Å². The van der Waals surface area contributed by atoms with Crippen LogP contribution in [0.1, 0.15) is 52.4 Å². The summed E-state index contributed by atoms with van der Waals surface area (Å²) in [6, 6.07) is 0. The van der Waals surface area contributed by atoms with Crippen LogP contribution in [-0.4, -0.2) is 84.7 Å². The highest BCUT2D eigenvalue weighted by Gasteiger charge is 2.30. The van der Waals surface area contributed by atoms with E-state index in [1.807, 2.05) is 0 Å². The molecule has 0 aliphatic carbocycles. The van der Waals surface area contributed by atoms with Crippen LogP contribution >= 0.6 is 0 Å². The lowest BCUT2D eigenvalue weighted by Crippen LogP contribution is -2.31. The molecule has 168 valence electrons. The zero-order valence-corrected chi connectivity index (χ0v) is 17.5. The number of carboxylic acids is 2. The topological polar surface area (TPSA) is 123 Å². The highest BCUT2D eigenvalue weighted by Crippen LogP contribution is 2.27. The predicted molar refractivity (Wildman–Crippen MR) is 105 cm³/mol. The molecular formula is C20H35NO8. The second kappa shape index (κ2) is 14.3. The van der Waals surface area contributed by atoms with Gasteiger partial charge in [-0.2, -0.15) is 0 Å². The van der Waals surface area contributed by atoms with Crippen molar-refractivity contribution in [3.63, 3.8) is 0 Å². The maximum absolute atomic E-state index is 12.5. The molecule has 2 saturated heterocycles. The predicted octanol–water partition coefficient (Wildman–Crippen LogP) is 1.78. The van der Waals surface area contributed by atoms with E-state index in [1.54, 1.807) is 0 Å². The average molecular weight is 417 g/mol. The first-order chi connectivity index (χ1) is 13.9. The Morgan fingerprint density at radius 2 is 1.45 bits per heavy atom. The van der Waals surface area contributed by atoms with Gasteiger partial charge in [-0.05, 0) is 51.6 Å². The maximum atomic E-state index is 12.5. The van der Waals surface area contributed by atoms with Crippen LogP contribution in [0.4, 0.5) is 0 Å². The van der Waals surface area contributed by atoms with Crippen LogP contribution in [-0.2, 0) is 28.6 Å². The number of aliphatic carboxylic acids is 2. The normalized spacial score (nSPS) is 22.0. The van der Waals surface area contributed by atoms with Gasteiger partial charge in [-0.15, -0.1) is 0 Å². The number of likely N-dealkylation sites (N-methyl/N-ethyl adjacent to an activating group) is 1. The Bertz CT molecular complexity index is 467. The third-order valence-corrected chi connectivity index (χ3v) is 5.21. The molecule has 0 spiro atoms. The van der Waals surface area contributed by atoms with Gasteiger partial charge in [-0.1, -0.05) is 13.8 Å². The molecule has 0 saturated carbocycles. The number of rotatable bonds is 10. The summed E-state index contributed by atoms with van der Waals surface area (Å²) in [4.78, 5) is 33.0. The van der Waals surface area contributed by atoms with Gasteiger partial charge in [0, 0.05) is 19.8 Å². The van der Waals surface area contributed by atoms with Crippen molar-refractivity contribution in [2.45, 2.75) is 64.6 Å². The van der Waals surface area contributed by atoms with Gasteiger partial charge in [0.05, 0.1) is 18.1 Å². The minimum atomic E-state index is -1.82. The molecule has 0 aromatic carbocycles. The molecule has 0 bridgehead atoms. The van der Waals surface area contributed by atoms with Crippen molar-refractivity contribution in [2.24, 2.45) is 5.92 Å². The fraction of sp³-hybridized carbons (Fsp3) is 0.850. The SMILES string of the molecule is CCN(CC)CCOC(=O)C(CC1CCCO1)CC1CCCO1.O=C(O)C(=O)O. The molecule has 0 aromatic rings. The first kappa shape index (κ1) is 25.3. The van der Waals surface area contributed by atoms with Crippen molar-refractivity contribution < 1.29 is 38.8 Å². The van der Waals surface area contributed by atoms with Crippen LogP contribution in [0.15, 0.2) is 0 Å². The molecule has 2 atom stereocenters. The molecule has 2 aliphatic heterocycles. The molecule has 2 unspecified atom stereocenters. The van der Waals surface area contributed by atoms with E-state index in [-0.39, 0.29) is 24.1 Å². The van der Waals surface area contributed by atoms with Gasteiger partial charge >= 0.3 is 17.9 Å². The van der Waals surface area contributed by atoms with Crippen LogP contribution in [0.2, 0.25) is 0 Å². The maximum Gasteiger partial charge on any atom is 0.414 e. The number of carbonyl (C=O) groups excluding carboxylic acids is 1. The van der Waals surface area contributed by atoms with Crippen molar-refractivity contribution in [1.82, 2.24) is 4.90 Å². The Morgan fingerprint density at radius 3 is 1.79 bits per heavy atom. The molecule has 2 rings (SSSR count). The van der Waals surface area contributed by atoms with E-state index in [4.69, 9.17) is 34.0 Å². The monoisotopic (exact) mass is 417 g/mol. The highest BCUT2D eigenvalue weighted by atomic mass is 16.5. The van der Waals surface area contributed by atoms with Crippen LogP contribution in [0, 0.1) is 5.92 Å². The molecule has 0 aromatic heterocycles. The molecule has 2 aliphatic rings. The van der Waals surface area contributed by atoms with Gasteiger partial charge in [-0.3, -0.25) is 4.79 Å². The zero-order chi connectivity index (χ0) is 21.6.